The molecule has 1 saturated heterocycles. The molecule has 230 valence electrons. The standard InChI is InChI=1S/C36H32ClFN2O5/c1-20-3-13-26-28(18-20)35(43)40(34(26)42)25-11-7-22(8-12-25)31-19-29(27-17-21(2)4-14-30(27)39-31)36(44)45-32(15-16-37)33(41)23-5-9-24(38)10-6-23/h4-12,14,17,19-20,26,28,32H,3,13,15-16,18H2,1-2H3. The lowest BCUT2D eigenvalue weighted by Crippen LogP contribution is -2.30. The number of ether oxygens (including phenoxy) is 1. The van der Waals surface area contributed by atoms with E-state index in [1.165, 1.54) is 29.2 Å². The zero-order valence-electron chi connectivity index (χ0n) is 25.0. The van der Waals surface area contributed by atoms with Gasteiger partial charge in [-0.25, -0.2) is 14.2 Å². The summed E-state index contributed by atoms with van der Waals surface area (Å²) in [5.74, 6) is -2.01. The largest absolute Gasteiger partial charge is 0.450 e. The second-order valence-corrected chi connectivity index (χ2v) is 12.4. The van der Waals surface area contributed by atoms with Crippen LogP contribution in [-0.4, -0.2) is 40.5 Å². The molecule has 4 atom stereocenters. The molecule has 1 saturated carbocycles. The van der Waals surface area contributed by atoms with Crippen molar-refractivity contribution in [3.63, 3.8) is 0 Å². The molecule has 0 radical (unpaired) electrons. The van der Waals surface area contributed by atoms with Crippen LogP contribution in [0.4, 0.5) is 10.1 Å². The third-order valence-corrected chi connectivity index (χ3v) is 9.05. The van der Waals surface area contributed by atoms with Crippen molar-refractivity contribution in [2.24, 2.45) is 17.8 Å². The molecule has 6 rings (SSSR count). The minimum Gasteiger partial charge on any atom is -0.450 e. The van der Waals surface area contributed by atoms with E-state index < -0.39 is 23.7 Å². The molecule has 0 N–H and O–H groups in total. The van der Waals surface area contributed by atoms with E-state index in [0.717, 1.165) is 24.8 Å². The lowest BCUT2D eigenvalue weighted by molar-refractivity contribution is -0.122. The van der Waals surface area contributed by atoms with Crippen LogP contribution >= 0.6 is 11.6 Å². The number of fused-ring (bicyclic) bond motifs is 2. The Balaban J connectivity index is 1.31. The number of Topliss-reactive ketones (excluding diaryl/α,β-unsaturated/α-hetero) is 1. The van der Waals surface area contributed by atoms with Gasteiger partial charge in [0.15, 0.2) is 6.10 Å². The maximum absolute atomic E-state index is 13.7. The van der Waals surface area contributed by atoms with Crippen LogP contribution in [0.15, 0.2) is 72.8 Å². The van der Waals surface area contributed by atoms with Crippen molar-refractivity contribution in [3.05, 3.63) is 95.3 Å². The summed E-state index contributed by atoms with van der Waals surface area (Å²) in [6, 6.07) is 19.2. The van der Waals surface area contributed by atoms with E-state index in [4.69, 9.17) is 21.3 Å². The van der Waals surface area contributed by atoms with Gasteiger partial charge in [-0.1, -0.05) is 30.7 Å². The fraction of sp³-hybridized carbons (Fsp3) is 0.306. The van der Waals surface area contributed by atoms with Gasteiger partial charge in [-0.05, 0) is 86.7 Å². The van der Waals surface area contributed by atoms with E-state index in [1.807, 2.05) is 25.1 Å². The van der Waals surface area contributed by atoms with Crippen molar-refractivity contribution in [2.75, 3.05) is 10.8 Å². The normalized spacial score (nSPS) is 20.3. The Morgan fingerprint density at radius 1 is 0.978 bits per heavy atom. The molecular formula is C36H32ClFN2O5. The SMILES string of the molecule is Cc1ccc2nc(-c3ccc(N4C(=O)C5CCC(C)CC5C4=O)cc3)cc(C(=O)OC(CCCl)C(=O)c3ccc(F)cc3)c2c1. The van der Waals surface area contributed by atoms with Crippen LogP contribution in [0, 0.1) is 30.5 Å². The van der Waals surface area contributed by atoms with Crippen molar-refractivity contribution >= 4 is 51.8 Å². The van der Waals surface area contributed by atoms with Gasteiger partial charge in [0.1, 0.15) is 5.82 Å². The summed E-state index contributed by atoms with van der Waals surface area (Å²) in [6.07, 6.45) is 1.31. The summed E-state index contributed by atoms with van der Waals surface area (Å²) >= 11 is 5.96. The van der Waals surface area contributed by atoms with Crippen LogP contribution in [0.1, 0.15) is 58.9 Å². The maximum Gasteiger partial charge on any atom is 0.339 e. The summed E-state index contributed by atoms with van der Waals surface area (Å²) in [5, 5.41) is 0.560. The van der Waals surface area contributed by atoms with Gasteiger partial charge < -0.3 is 4.74 Å². The van der Waals surface area contributed by atoms with Gasteiger partial charge >= 0.3 is 5.97 Å². The van der Waals surface area contributed by atoms with Crippen molar-refractivity contribution in [3.8, 4) is 11.3 Å². The number of hydrogen-bond acceptors (Lipinski definition) is 6. The lowest BCUT2D eigenvalue weighted by atomic mass is 9.76. The quantitative estimate of drug-likeness (QED) is 0.0881. The smallest absolute Gasteiger partial charge is 0.339 e. The number of benzene rings is 3. The Morgan fingerprint density at radius 3 is 2.40 bits per heavy atom. The molecule has 1 aliphatic heterocycles. The number of carbonyl (C=O) groups excluding carboxylic acids is 4. The molecule has 9 heteroatoms. The Bertz CT molecular complexity index is 1810. The Labute approximate surface area is 265 Å². The number of amides is 2. The molecule has 1 aliphatic carbocycles. The van der Waals surface area contributed by atoms with Gasteiger partial charge in [0, 0.05) is 28.8 Å². The van der Waals surface area contributed by atoms with Gasteiger partial charge in [0.2, 0.25) is 17.6 Å². The summed E-state index contributed by atoms with van der Waals surface area (Å²) in [6.45, 7) is 4.02. The third-order valence-electron chi connectivity index (χ3n) is 8.83. The summed E-state index contributed by atoms with van der Waals surface area (Å²) in [5.41, 5.74) is 3.54. The molecule has 1 aromatic heterocycles. The number of esters is 1. The van der Waals surface area contributed by atoms with Crippen molar-refractivity contribution < 1.29 is 28.3 Å². The second-order valence-electron chi connectivity index (χ2n) is 12.0. The number of aromatic nitrogens is 1. The highest BCUT2D eigenvalue weighted by atomic mass is 35.5. The average molecular weight is 627 g/mol. The summed E-state index contributed by atoms with van der Waals surface area (Å²) in [7, 11) is 0. The summed E-state index contributed by atoms with van der Waals surface area (Å²) in [4.78, 5) is 59.4. The Morgan fingerprint density at radius 2 is 1.69 bits per heavy atom. The highest BCUT2D eigenvalue weighted by Gasteiger charge is 2.49. The topological polar surface area (TPSA) is 93.6 Å². The van der Waals surface area contributed by atoms with Gasteiger partial charge in [-0.3, -0.25) is 19.3 Å². The maximum atomic E-state index is 13.7. The predicted octanol–water partition coefficient (Wildman–Crippen LogP) is 7.31. The predicted molar refractivity (Wildman–Crippen MR) is 170 cm³/mol. The number of aryl methyl sites for hydroxylation is 1. The lowest BCUT2D eigenvalue weighted by Gasteiger charge is -2.25. The zero-order valence-corrected chi connectivity index (χ0v) is 25.7. The fourth-order valence-electron chi connectivity index (χ4n) is 6.42. The monoisotopic (exact) mass is 626 g/mol. The van der Waals surface area contributed by atoms with Gasteiger partial charge in [0.05, 0.1) is 34.3 Å². The molecule has 45 heavy (non-hydrogen) atoms. The molecular weight excluding hydrogens is 595 g/mol. The number of anilines is 1. The average Bonchev–Trinajstić information content (AvgIpc) is 3.28. The first-order chi connectivity index (χ1) is 21.6. The van der Waals surface area contributed by atoms with E-state index in [0.29, 0.717) is 33.8 Å². The van der Waals surface area contributed by atoms with Crippen LogP contribution in [-0.2, 0) is 14.3 Å². The van der Waals surface area contributed by atoms with Crippen LogP contribution in [0.2, 0.25) is 0 Å². The highest BCUT2D eigenvalue weighted by Crippen LogP contribution is 2.42. The molecule has 7 nitrogen and oxygen atoms in total. The van der Waals surface area contributed by atoms with Crippen LogP contribution in [0.25, 0.3) is 22.2 Å². The number of alkyl halides is 1. The van der Waals surface area contributed by atoms with Gasteiger partial charge in [0.25, 0.3) is 0 Å². The molecule has 0 bridgehead atoms. The summed E-state index contributed by atoms with van der Waals surface area (Å²) < 4.78 is 19.2. The van der Waals surface area contributed by atoms with Crippen LogP contribution < -0.4 is 4.90 Å². The van der Waals surface area contributed by atoms with E-state index in [-0.39, 0.29) is 47.1 Å². The number of ketones is 1. The first-order valence-corrected chi connectivity index (χ1v) is 15.6. The van der Waals surface area contributed by atoms with E-state index in [2.05, 4.69) is 6.92 Å². The van der Waals surface area contributed by atoms with Gasteiger partial charge in [-0.2, -0.15) is 0 Å². The van der Waals surface area contributed by atoms with Crippen molar-refractivity contribution in [2.45, 2.75) is 45.6 Å². The Hall–Kier alpha value is -4.43. The minimum absolute atomic E-state index is 0.0707. The molecule has 4 unspecified atom stereocenters. The molecule has 0 spiro atoms. The molecule has 2 fully saturated rings. The minimum atomic E-state index is -1.17. The second kappa shape index (κ2) is 12.5. The van der Waals surface area contributed by atoms with Gasteiger partial charge in [-0.15, -0.1) is 11.6 Å². The highest BCUT2D eigenvalue weighted by molar-refractivity contribution is 6.22. The molecule has 2 heterocycles. The number of hydrogen-bond donors (Lipinski definition) is 0. The molecule has 2 amide bonds. The number of carbonyl (C=O) groups is 4. The van der Waals surface area contributed by atoms with Crippen LogP contribution in [0.3, 0.4) is 0 Å². The Kier molecular flexibility index (Phi) is 8.51. The number of rotatable bonds is 8. The van der Waals surface area contributed by atoms with Crippen molar-refractivity contribution in [1.82, 2.24) is 4.98 Å². The first-order valence-electron chi connectivity index (χ1n) is 15.1. The number of pyridine rings is 1. The number of imide groups is 1. The fourth-order valence-corrected chi connectivity index (χ4v) is 6.62. The molecule has 4 aromatic rings. The van der Waals surface area contributed by atoms with Crippen molar-refractivity contribution in [1.29, 1.82) is 0 Å². The molecule has 3 aromatic carbocycles. The van der Waals surface area contributed by atoms with E-state index >= 15 is 0 Å². The zero-order chi connectivity index (χ0) is 31.8. The number of halogens is 2. The first kappa shape index (κ1) is 30.6. The van der Waals surface area contributed by atoms with E-state index in [9.17, 15) is 23.6 Å². The van der Waals surface area contributed by atoms with E-state index in [1.54, 1.807) is 30.3 Å². The molecule has 2 aliphatic rings. The third kappa shape index (κ3) is 5.99. The number of nitrogens with zero attached hydrogens (tertiary/aromatic N) is 2. The van der Waals surface area contributed by atoms with Crippen LogP contribution in [0.5, 0.6) is 0 Å².